The molecule has 0 aliphatic rings. The van der Waals surface area contributed by atoms with Crippen molar-refractivity contribution >= 4 is 15.4 Å². The van der Waals surface area contributed by atoms with Crippen LogP contribution < -0.4 is 14.7 Å². The largest absolute Gasteiger partial charge is 0.490 e. The first kappa shape index (κ1) is 10.1. The molecule has 3 heteroatoms. The van der Waals surface area contributed by atoms with Crippen molar-refractivity contribution in [3.8, 4) is 11.5 Å². The predicted molar refractivity (Wildman–Crippen MR) is 58.4 cm³/mol. The highest BCUT2D eigenvalue weighted by Crippen LogP contribution is 2.23. The van der Waals surface area contributed by atoms with Crippen LogP contribution in [0.4, 0.5) is 0 Å². The van der Waals surface area contributed by atoms with Gasteiger partial charge in [-0.2, -0.15) is 0 Å². The van der Waals surface area contributed by atoms with Crippen LogP contribution in [0.3, 0.4) is 0 Å². The van der Waals surface area contributed by atoms with E-state index in [-0.39, 0.29) is 0 Å². The second-order valence-corrected chi connectivity index (χ2v) is 3.85. The third-order valence-corrected chi connectivity index (χ3v) is 2.55. The van der Waals surface area contributed by atoms with Gasteiger partial charge in [-0.15, -0.1) is 0 Å². The smallest absolute Gasteiger partial charge is 0.160 e. The van der Waals surface area contributed by atoms with E-state index in [0.29, 0.717) is 13.2 Å². The van der Waals surface area contributed by atoms with Crippen molar-refractivity contribution in [1.29, 1.82) is 0 Å². The van der Waals surface area contributed by atoms with Crippen LogP contribution >= 0.6 is 0 Å². The average molecular weight is 196 g/mol. The summed E-state index contributed by atoms with van der Waals surface area (Å²) in [6.07, 6.45) is 0. The van der Waals surface area contributed by atoms with Gasteiger partial charge in [0.25, 0.3) is 0 Å². The van der Waals surface area contributed by atoms with E-state index >= 15 is 0 Å². The van der Waals surface area contributed by atoms with Crippen LogP contribution in [0.2, 0.25) is 0 Å². The van der Waals surface area contributed by atoms with Crippen molar-refractivity contribution in [2.45, 2.75) is 13.8 Å². The molecular weight excluding hydrogens is 180 g/mol. The van der Waals surface area contributed by atoms with E-state index in [2.05, 4.69) is 6.07 Å². The lowest BCUT2D eigenvalue weighted by Crippen LogP contribution is -2.10. The molecule has 0 saturated heterocycles. The van der Waals surface area contributed by atoms with Crippen molar-refractivity contribution in [1.82, 2.24) is 0 Å². The lowest BCUT2D eigenvalue weighted by molar-refractivity contribution is 0.290. The summed E-state index contributed by atoms with van der Waals surface area (Å²) in [5.74, 6) is 1.80. The van der Waals surface area contributed by atoms with Gasteiger partial charge < -0.3 is 9.47 Å². The molecule has 0 bridgehead atoms. The highest BCUT2D eigenvalue weighted by molar-refractivity contribution is 6.34. The molecule has 0 aliphatic carbocycles. The van der Waals surface area contributed by atoms with Gasteiger partial charge in [0.15, 0.2) is 11.5 Å². The van der Waals surface area contributed by atoms with Crippen LogP contribution in [0.15, 0.2) is 18.2 Å². The molecule has 0 heterocycles. The molecule has 0 atom stereocenters. The van der Waals surface area contributed by atoms with E-state index in [1.165, 1.54) is 5.19 Å². The number of benzene rings is 1. The molecule has 1 aromatic rings. The molecule has 0 saturated carbocycles. The van der Waals surface area contributed by atoms with Crippen molar-refractivity contribution in [2.75, 3.05) is 13.2 Å². The Balaban J connectivity index is 2.95. The molecule has 1 rings (SSSR count). The van der Waals surface area contributed by atoms with Gasteiger partial charge in [-0.05, 0) is 25.1 Å². The molecule has 0 aromatic heterocycles. The number of ether oxygens (including phenoxy) is 2. The van der Waals surface area contributed by atoms with Gasteiger partial charge in [-0.25, -0.2) is 0 Å². The van der Waals surface area contributed by atoms with Gasteiger partial charge in [0.2, 0.25) is 0 Å². The van der Waals surface area contributed by atoms with Crippen LogP contribution in [0.25, 0.3) is 0 Å². The second-order valence-electron chi connectivity index (χ2n) is 2.77. The lowest BCUT2D eigenvalue weighted by Gasteiger charge is -2.12. The molecule has 0 spiro atoms. The summed E-state index contributed by atoms with van der Waals surface area (Å²) in [5.41, 5.74) is 0. The molecule has 72 valence electrons. The van der Waals surface area contributed by atoms with Gasteiger partial charge in [-0.3, -0.25) is 0 Å². The molecule has 13 heavy (non-hydrogen) atoms. The van der Waals surface area contributed by atoms with Crippen LogP contribution in [-0.2, 0) is 0 Å². The minimum Gasteiger partial charge on any atom is -0.490 e. The van der Waals surface area contributed by atoms with Gasteiger partial charge in [0.05, 0.1) is 13.2 Å². The Kier molecular flexibility index (Phi) is 3.83. The Hall–Kier alpha value is -0.963. The van der Waals surface area contributed by atoms with E-state index < -0.39 is 0 Å². The second kappa shape index (κ2) is 4.92. The Morgan fingerprint density at radius 2 is 1.85 bits per heavy atom. The maximum absolute atomic E-state index is 5.53. The van der Waals surface area contributed by atoms with Gasteiger partial charge in [0, 0.05) is 10.2 Å². The summed E-state index contributed by atoms with van der Waals surface area (Å²) in [6, 6.07) is 6.05. The van der Waals surface area contributed by atoms with Crippen LogP contribution in [0.1, 0.15) is 13.8 Å². The molecular formula is C10H16O2Si. The fourth-order valence-electron chi connectivity index (χ4n) is 1.22. The number of para-hydroxylation sites is 1. The standard InChI is InChI=1S/C10H16O2Si/c1-3-11-8-6-5-7-9(13)10(8)12-4-2/h5-7H,3-4H2,1-2,13H3. The fourth-order valence-corrected chi connectivity index (χ4v) is 1.81. The summed E-state index contributed by atoms with van der Waals surface area (Å²) in [7, 11) is 0.990. The van der Waals surface area contributed by atoms with Gasteiger partial charge in [-0.1, -0.05) is 12.1 Å². The summed E-state index contributed by atoms with van der Waals surface area (Å²) in [4.78, 5) is 0. The van der Waals surface area contributed by atoms with Crippen LogP contribution in [0, 0.1) is 0 Å². The highest BCUT2D eigenvalue weighted by atomic mass is 28.1. The molecule has 0 radical (unpaired) electrons. The fraction of sp³-hybridized carbons (Fsp3) is 0.400. The maximum Gasteiger partial charge on any atom is 0.160 e. The number of hydrogen-bond donors (Lipinski definition) is 0. The zero-order chi connectivity index (χ0) is 9.68. The monoisotopic (exact) mass is 196 g/mol. The summed E-state index contributed by atoms with van der Waals surface area (Å²) in [5, 5.41) is 1.26. The zero-order valence-electron chi connectivity index (χ0n) is 8.46. The van der Waals surface area contributed by atoms with E-state index in [4.69, 9.17) is 9.47 Å². The molecule has 0 N–H and O–H groups in total. The molecule has 2 nitrogen and oxygen atoms in total. The number of rotatable bonds is 4. The Morgan fingerprint density at radius 1 is 1.15 bits per heavy atom. The summed E-state index contributed by atoms with van der Waals surface area (Å²) < 4.78 is 11.0. The lowest BCUT2D eigenvalue weighted by atomic mass is 10.3. The summed E-state index contributed by atoms with van der Waals surface area (Å²) >= 11 is 0. The highest BCUT2D eigenvalue weighted by Gasteiger charge is 2.05. The molecule has 0 aliphatic heterocycles. The third-order valence-electron chi connectivity index (χ3n) is 1.76. The SMILES string of the molecule is CCOc1cccc([SiH3])c1OCC. The van der Waals surface area contributed by atoms with Crippen molar-refractivity contribution in [3.05, 3.63) is 18.2 Å². The van der Waals surface area contributed by atoms with E-state index in [1.807, 2.05) is 26.0 Å². The molecule has 0 amide bonds. The maximum atomic E-state index is 5.53. The molecule has 1 aromatic carbocycles. The Morgan fingerprint density at radius 3 is 2.46 bits per heavy atom. The quantitative estimate of drug-likeness (QED) is 0.652. The number of hydrogen-bond acceptors (Lipinski definition) is 2. The van der Waals surface area contributed by atoms with Gasteiger partial charge in [0.1, 0.15) is 0 Å². The summed E-state index contributed by atoms with van der Waals surface area (Å²) in [6.45, 7) is 5.35. The third kappa shape index (κ3) is 2.49. The zero-order valence-corrected chi connectivity index (χ0v) is 10.5. The Labute approximate surface area is 82.3 Å². The van der Waals surface area contributed by atoms with E-state index in [1.54, 1.807) is 0 Å². The average Bonchev–Trinajstić information content (AvgIpc) is 2.11. The Bertz CT molecular complexity index is 274. The van der Waals surface area contributed by atoms with Crippen molar-refractivity contribution in [3.63, 3.8) is 0 Å². The molecule has 0 unspecified atom stereocenters. The topological polar surface area (TPSA) is 18.5 Å². The van der Waals surface area contributed by atoms with Crippen molar-refractivity contribution < 1.29 is 9.47 Å². The normalized spacial score (nSPS) is 10.0. The molecule has 0 fully saturated rings. The minimum absolute atomic E-state index is 0.686. The predicted octanol–water partition coefficient (Wildman–Crippen LogP) is 0.475. The van der Waals surface area contributed by atoms with E-state index in [0.717, 1.165) is 21.7 Å². The van der Waals surface area contributed by atoms with Crippen LogP contribution in [0.5, 0.6) is 11.5 Å². The minimum atomic E-state index is 0.686. The van der Waals surface area contributed by atoms with E-state index in [9.17, 15) is 0 Å². The van der Waals surface area contributed by atoms with Gasteiger partial charge >= 0.3 is 0 Å². The first-order valence-electron chi connectivity index (χ1n) is 4.64. The van der Waals surface area contributed by atoms with Crippen molar-refractivity contribution in [2.24, 2.45) is 0 Å². The van der Waals surface area contributed by atoms with Crippen LogP contribution in [-0.4, -0.2) is 23.5 Å². The first-order valence-corrected chi connectivity index (χ1v) is 5.64. The first-order chi connectivity index (χ1) is 6.29.